The minimum absolute atomic E-state index is 0.0958. The van der Waals surface area contributed by atoms with E-state index in [4.69, 9.17) is 4.74 Å². The molecule has 1 saturated heterocycles. The highest BCUT2D eigenvalue weighted by atomic mass is 16.5. The standard InChI is InChI=1S/C13H22O/c1-9-5-11-7-13(3,4)14-8-12(11)6-10(9)2/h5,10-12H,6-8H2,1-4H3/t10-,11-,12+/m1/s1. The van der Waals surface area contributed by atoms with Crippen molar-refractivity contribution in [3.63, 3.8) is 0 Å². The fourth-order valence-corrected chi connectivity index (χ4v) is 2.83. The second-order valence-electron chi connectivity index (χ2n) is 5.75. The molecule has 0 aromatic rings. The maximum absolute atomic E-state index is 5.89. The summed E-state index contributed by atoms with van der Waals surface area (Å²) in [6.07, 6.45) is 5.02. The molecule has 1 heterocycles. The molecule has 1 aliphatic heterocycles. The zero-order valence-corrected chi connectivity index (χ0v) is 9.84. The summed E-state index contributed by atoms with van der Waals surface area (Å²) in [4.78, 5) is 0. The summed E-state index contributed by atoms with van der Waals surface area (Å²) < 4.78 is 5.89. The van der Waals surface area contributed by atoms with Crippen molar-refractivity contribution < 1.29 is 4.74 Å². The Balaban J connectivity index is 2.14. The van der Waals surface area contributed by atoms with Crippen molar-refractivity contribution in [3.05, 3.63) is 11.6 Å². The third-order valence-corrected chi connectivity index (χ3v) is 3.93. The van der Waals surface area contributed by atoms with E-state index in [1.54, 1.807) is 5.57 Å². The van der Waals surface area contributed by atoms with Crippen molar-refractivity contribution >= 4 is 0 Å². The maximum atomic E-state index is 5.89. The monoisotopic (exact) mass is 194 g/mol. The van der Waals surface area contributed by atoms with Crippen LogP contribution in [0, 0.1) is 17.8 Å². The normalized spacial score (nSPS) is 41.4. The average molecular weight is 194 g/mol. The number of hydrogen-bond donors (Lipinski definition) is 0. The molecular weight excluding hydrogens is 172 g/mol. The molecule has 1 aliphatic carbocycles. The molecule has 0 spiro atoms. The lowest BCUT2D eigenvalue weighted by Crippen LogP contribution is -2.41. The summed E-state index contributed by atoms with van der Waals surface area (Å²) >= 11 is 0. The molecule has 0 unspecified atom stereocenters. The van der Waals surface area contributed by atoms with E-state index in [9.17, 15) is 0 Å². The second kappa shape index (κ2) is 3.37. The molecule has 0 amide bonds. The van der Waals surface area contributed by atoms with Gasteiger partial charge in [0.15, 0.2) is 0 Å². The lowest BCUT2D eigenvalue weighted by Gasteiger charge is -2.43. The highest BCUT2D eigenvalue weighted by Gasteiger charge is 2.37. The summed E-state index contributed by atoms with van der Waals surface area (Å²) in [6, 6.07) is 0. The van der Waals surface area contributed by atoms with Crippen molar-refractivity contribution in [1.29, 1.82) is 0 Å². The molecule has 1 fully saturated rings. The smallest absolute Gasteiger partial charge is 0.0632 e. The second-order valence-corrected chi connectivity index (χ2v) is 5.75. The van der Waals surface area contributed by atoms with Crippen molar-refractivity contribution in [2.24, 2.45) is 17.8 Å². The van der Waals surface area contributed by atoms with E-state index in [1.807, 2.05) is 0 Å². The first-order valence-electron chi connectivity index (χ1n) is 5.80. The number of hydrogen-bond acceptors (Lipinski definition) is 1. The van der Waals surface area contributed by atoms with Crippen LogP contribution in [0.4, 0.5) is 0 Å². The molecule has 80 valence electrons. The van der Waals surface area contributed by atoms with E-state index in [0.717, 1.165) is 24.4 Å². The lowest BCUT2D eigenvalue weighted by atomic mass is 9.71. The predicted octanol–water partition coefficient (Wildman–Crippen LogP) is 3.40. The summed E-state index contributed by atoms with van der Waals surface area (Å²) in [5.74, 6) is 2.32. The first kappa shape index (κ1) is 10.2. The van der Waals surface area contributed by atoms with E-state index in [2.05, 4.69) is 33.8 Å². The van der Waals surface area contributed by atoms with Crippen molar-refractivity contribution in [3.8, 4) is 0 Å². The summed E-state index contributed by atoms with van der Waals surface area (Å²) in [5, 5.41) is 0. The first-order chi connectivity index (χ1) is 6.48. The fraction of sp³-hybridized carbons (Fsp3) is 0.846. The molecule has 1 nitrogen and oxygen atoms in total. The molecule has 2 rings (SSSR count). The van der Waals surface area contributed by atoms with Gasteiger partial charge in [-0.15, -0.1) is 0 Å². The molecule has 0 radical (unpaired) electrons. The van der Waals surface area contributed by atoms with Crippen LogP contribution >= 0.6 is 0 Å². The zero-order chi connectivity index (χ0) is 10.3. The first-order valence-corrected chi connectivity index (χ1v) is 5.80. The Kier molecular flexibility index (Phi) is 2.46. The molecule has 0 aromatic heterocycles. The van der Waals surface area contributed by atoms with Gasteiger partial charge >= 0.3 is 0 Å². The molecule has 2 aliphatic rings. The minimum atomic E-state index is 0.0958. The quantitative estimate of drug-likeness (QED) is 0.537. The van der Waals surface area contributed by atoms with Crippen LogP contribution in [0.25, 0.3) is 0 Å². The number of rotatable bonds is 0. The number of ether oxygens (including phenoxy) is 1. The highest BCUT2D eigenvalue weighted by molar-refractivity contribution is 5.12. The van der Waals surface area contributed by atoms with Gasteiger partial charge in [0.05, 0.1) is 12.2 Å². The van der Waals surface area contributed by atoms with Gasteiger partial charge in [0.2, 0.25) is 0 Å². The van der Waals surface area contributed by atoms with Crippen LogP contribution in [0.2, 0.25) is 0 Å². The molecule has 0 aromatic carbocycles. The van der Waals surface area contributed by atoms with Gasteiger partial charge in [-0.2, -0.15) is 0 Å². The molecule has 1 heteroatoms. The van der Waals surface area contributed by atoms with E-state index >= 15 is 0 Å². The third-order valence-electron chi connectivity index (χ3n) is 3.93. The number of allylic oxidation sites excluding steroid dienone is 2. The summed E-state index contributed by atoms with van der Waals surface area (Å²) in [6.45, 7) is 10.0. The van der Waals surface area contributed by atoms with Gasteiger partial charge in [0, 0.05) is 0 Å². The van der Waals surface area contributed by atoms with Crippen LogP contribution < -0.4 is 0 Å². The van der Waals surface area contributed by atoms with Crippen LogP contribution in [-0.4, -0.2) is 12.2 Å². The maximum Gasteiger partial charge on any atom is 0.0632 e. The largest absolute Gasteiger partial charge is 0.375 e. The molecule has 3 atom stereocenters. The minimum Gasteiger partial charge on any atom is -0.375 e. The Labute approximate surface area is 87.5 Å². The highest BCUT2D eigenvalue weighted by Crippen LogP contribution is 2.41. The fourth-order valence-electron chi connectivity index (χ4n) is 2.83. The Bertz CT molecular complexity index is 252. The molecule has 0 N–H and O–H groups in total. The van der Waals surface area contributed by atoms with Gasteiger partial charge in [0.25, 0.3) is 0 Å². The SMILES string of the molecule is CC1=C[C@@H]2CC(C)(C)OC[C@@H]2C[C@H]1C. The lowest BCUT2D eigenvalue weighted by molar-refractivity contribution is -0.0987. The summed E-state index contributed by atoms with van der Waals surface area (Å²) in [7, 11) is 0. The van der Waals surface area contributed by atoms with Gasteiger partial charge in [-0.25, -0.2) is 0 Å². The van der Waals surface area contributed by atoms with Crippen molar-refractivity contribution in [2.45, 2.75) is 46.1 Å². The van der Waals surface area contributed by atoms with Gasteiger partial charge in [-0.1, -0.05) is 18.6 Å². The zero-order valence-electron chi connectivity index (χ0n) is 9.84. The van der Waals surface area contributed by atoms with E-state index in [-0.39, 0.29) is 5.60 Å². The Morgan fingerprint density at radius 3 is 2.86 bits per heavy atom. The van der Waals surface area contributed by atoms with Crippen molar-refractivity contribution in [1.82, 2.24) is 0 Å². The van der Waals surface area contributed by atoms with Gasteiger partial charge in [-0.3, -0.25) is 0 Å². The van der Waals surface area contributed by atoms with Crippen LogP contribution in [0.5, 0.6) is 0 Å². The van der Waals surface area contributed by atoms with Crippen molar-refractivity contribution in [2.75, 3.05) is 6.61 Å². The molecule has 0 bridgehead atoms. The van der Waals surface area contributed by atoms with Crippen LogP contribution in [0.1, 0.15) is 40.5 Å². The van der Waals surface area contributed by atoms with Crippen LogP contribution in [0.3, 0.4) is 0 Å². The third kappa shape index (κ3) is 1.88. The Morgan fingerprint density at radius 2 is 2.14 bits per heavy atom. The Morgan fingerprint density at radius 1 is 1.43 bits per heavy atom. The van der Waals surface area contributed by atoms with E-state index in [1.165, 1.54) is 12.8 Å². The number of fused-ring (bicyclic) bond motifs is 1. The molecule has 0 saturated carbocycles. The van der Waals surface area contributed by atoms with Crippen LogP contribution in [-0.2, 0) is 4.74 Å². The van der Waals surface area contributed by atoms with Crippen LogP contribution in [0.15, 0.2) is 11.6 Å². The summed E-state index contributed by atoms with van der Waals surface area (Å²) in [5.41, 5.74) is 1.68. The average Bonchev–Trinajstić information content (AvgIpc) is 2.07. The van der Waals surface area contributed by atoms with E-state index < -0.39 is 0 Å². The topological polar surface area (TPSA) is 9.23 Å². The van der Waals surface area contributed by atoms with Gasteiger partial charge < -0.3 is 4.74 Å². The van der Waals surface area contributed by atoms with Gasteiger partial charge in [0.1, 0.15) is 0 Å². The Hall–Kier alpha value is -0.300. The van der Waals surface area contributed by atoms with Gasteiger partial charge in [-0.05, 0) is 51.4 Å². The predicted molar refractivity (Wildman–Crippen MR) is 59.2 cm³/mol. The molecule has 14 heavy (non-hydrogen) atoms. The molecular formula is C13H22O. The van der Waals surface area contributed by atoms with E-state index in [0.29, 0.717) is 0 Å².